The number of ether oxygens (including phenoxy) is 1. The van der Waals surface area contributed by atoms with Crippen molar-refractivity contribution >= 4 is 26.7 Å². The molecule has 2 nitrogen and oxygen atoms in total. The van der Waals surface area contributed by atoms with Crippen molar-refractivity contribution < 1.29 is 9.84 Å². The molecule has 0 unspecified atom stereocenters. The van der Waals surface area contributed by atoms with Crippen LogP contribution in [0.25, 0.3) is 10.8 Å². The van der Waals surface area contributed by atoms with Crippen LogP contribution >= 0.6 is 15.9 Å². The lowest BCUT2D eigenvalue weighted by atomic mass is 10.1. The highest BCUT2D eigenvalue weighted by Gasteiger charge is 2.03. The third kappa shape index (κ3) is 2.19. The quantitative estimate of drug-likeness (QED) is 0.834. The second-order valence-corrected chi connectivity index (χ2v) is 4.26. The van der Waals surface area contributed by atoms with Gasteiger partial charge in [-0.3, -0.25) is 0 Å². The van der Waals surface area contributed by atoms with Crippen LogP contribution in [0.1, 0.15) is 6.92 Å². The molecule has 0 aliphatic heterocycles. The number of rotatable bonds is 2. The van der Waals surface area contributed by atoms with Gasteiger partial charge < -0.3 is 9.84 Å². The van der Waals surface area contributed by atoms with Crippen LogP contribution in [0, 0.1) is 0 Å². The monoisotopic (exact) mass is 278 g/mol. The molecule has 0 atom stereocenters. The molecule has 2 aromatic carbocycles. The number of hydrogen-bond donors (Lipinski definition) is 1. The number of halogens is 1. The zero-order valence-corrected chi connectivity index (χ0v) is 10.4. The average Bonchev–Trinajstić information content (AvgIpc) is 2.27. The summed E-state index contributed by atoms with van der Waals surface area (Å²) in [6, 6.07) is 9.10. The lowest BCUT2D eigenvalue weighted by Crippen LogP contribution is -1.84. The molecule has 2 aromatic rings. The minimum absolute atomic E-state index is 0.256. The van der Waals surface area contributed by atoms with Crippen LogP contribution in [-0.2, 0) is 0 Å². The maximum Gasteiger partial charge on any atom is 0.141 e. The molecule has 0 fully saturated rings. The van der Waals surface area contributed by atoms with Gasteiger partial charge in [-0.2, -0.15) is 0 Å². The Morgan fingerprint density at radius 1 is 1.19 bits per heavy atom. The highest BCUT2D eigenvalue weighted by atomic mass is 79.9. The minimum Gasteiger partial charge on any atom is -0.508 e. The van der Waals surface area contributed by atoms with E-state index in [1.807, 2.05) is 31.2 Å². The maximum absolute atomic E-state index is 9.40. The summed E-state index contributed by atoms with van der Waals surface area (Å²) in [6.07, 6.45) is 3.44. The molecule has 1 N–H and O–H groups in total. The first-order valence-corrected chi connectivity index (χ1v) is 5.70. The molecule has 0 saturated heterocycles. The molecule has 0 amide bonds. The number of benzene rings is 2. The van der Waals surface area contributed by atoms with Crippen molar-refractivity contribution in [2.45, 2.75) is 6.92 Å². The molecule has 2 rings (SSSR count). The zero-order chi connectivity index (χ0) is 11.5. The van der Waals surface area contributed by atoms with Gasteiger partial charge >= 0.3 is 0 Å². The second kappa shape index (κ2) is 4.58. The van der Waals surface area contributed by atoms with Gasteiger partial charge in [0.2, 0.25) is 0 Å². The maximum atomic E-state index is 9.40. The van der Waals surface area contributed by atoms with Crippen LogP contribution in [0.4, 0.5) is 0 Å². The van der Waals surface area contributed by atoms with Crippen molar-refractivity contribution in [3.63, 3.8) is 0 Å². The van der Waals surface area contributed by atoms with E-state index in [4.69, 9.17) is 4.74 Å². The van der Waals surface area contributed by atoms with Gasteiger partial charge in [0.05, 0.1) is 10.7 Å². The number of phenols is 1. The fraction of sp³-hybridized carbons (Fsp3) is 0.0769. The molecule has 0 aromatic heterocycles. The molecular weight excluding hydrogens is 268 g/mol. The van der Waals surface area contributed by atoms with E-state index in [0.717, 1.165) is 21.0 Å². The number of hydrogen-bond acceptors (Lipinski definition) is 2. The van der Waals surface area contributed by atoms with Gasteiger partial charge in [0.1, 0.15) is 11.5 Å². The molecule has 0 aliphatic carbocycles. The van der Waals surface area contributed by atoms with Crippen LogP contribution in [0.15, 0.2) is 47.1 Å². The van der Waals surface area contributed by atoms with Crippen molar-refractivity contribution in [1.29, 1.82) is 0 Å². The number of allylic oxidation sites excluding steroid dienone is 1. The van der Waals surface area contributed by atoms with E-state index in [2.05, 4.69) is 15.9 Å². The van der Waals surface area contributed by atoms with Gasteiger partial charge in [-0.15, -0.1) is 0 Å². The standard InChI is InChI=1S/C13H11BrO2/c1-2-5-16-13-8-10-6-11(15)4-3-9(10)7-12(13)14/h2-8,15H,1H3. The van der Waals surface area contributed by atoms with E-state index in [9.17, 15) is 5.11 Å². The van der Waals surface area contributed by atoms with Gasteiger partial charge in [-0.1, -0.05) is 12.1 Å². The van der Waals surface area contributed by atoms with E-state index in [0.29, 0.717) is 0 Å². The third-order valence-electron chi connectivity index (χ3n) is 2.21. The Labute approximate surface area is 102 Å². The summed E-state index contributed by atoms with van der Waals surface area (Å²) in [4.78, 5) is 0. The Kier molecular flexibility index (Phi) is 3.15. The first-order valence-electron chi connectivity index (χ1n) is 4.91. The van der Waals surface area contributed by atoms with Crippen LogP contribution in [0.5, 0.6) is 11.5 Å². The topological polar surface area (TPSA) is 29.5 Å². The summed E-state index contributed by atoms with van der Waals surface area (Å²) >= 11 is 3.44. The van der Waals surface area contributed by atoms with Gasteiger partial charge in [-0.05, 0) is 57.9 Å². The van der Waals surface area contributed by atoms with Gasteiger partial charge in [0.15, 0.2) is 0 Å². The third-order valence-corrected chi connectivity index (χ3v) is 2.83. The van der Waals surface area contributed by atoms with Crippen molar-refractivity contribution in [2.75, 3.05) is 0 Å². The Bertz CT molecular complexity index is 547. The van der Waals surface area contributed by atoms with Gasteiger partial charge in [-0.25, -0.2) is 0 Å². The SMILES string of the molecule is CC=COc1cc2cc(O)ccc2cc1Br. The number of fused-ring (bicyclic) bond motifs is 1. The second-order valence-electron chi connectivity index (χ2n) is 3.40. The van der Waals surface area contributed by atoms with E-state index >= 15 is 0 Å². The summed E-state index contributed by atoms with van der Waals surface area (Å²) in [5.41, 5.74) is 0. The summed E-state index contributed by atoms with van der Waals surface area (Å²) < 4.78 is 6.32. The zero-order valence-electron chi connectivity index (χ0n) is 8.77. The molecule has 0 heterocycles. The predicted octanol–water partition coefficient (Wildman–Crippen LogP) is 4.22. The lowest BCUT2D eigenvalue weighted by Gasteiger charge is -2.06. The molecule has 0 aliphatic rings. The van der Waals surface area contributed by atoms with E-state index < -0.39 is 0 Å². The Balaban J connectivity index is 2.54. The highest BCUT2D eigenvalue weighted by molar-refractivity contribution is 9.10. The Morgan fingerprint density at radius 2 is 2.00 bits per heavy atom. The highest BCUT2D eigenvalue weighted by Crippen LogP contribution is 2.32. The van der Waals surface area contributed by atoms with Crippen LogP contribution in [0.2, 0.25) is 0 Å². The predicted molar refractivity (Wildman–Crippen MR) is 68.8 cm³/mol. The number of phenolic OH excluding ortho intramolecular Hbond substituents is 1. The first kappa shape index (κ1) is 11.0. The van der Waals surface area contributed by atoms with E-state index in [1.54, 1.807) is 18.4 Å². The Hall–Kier alpha value is -1.48. The summed E-state index contributed by atoms with van der Waals surface area (Å²) in [5, 5.41) is 11.4. The first-order chi connectivity index (χ1) is 7.70. The Morgan fingerprint density at radius 3 is 2.75 bits per heavy atom. The molecule has 0 spiro atoms. The van der Waals surface area contributed by atoms with Gasteiger partial charge in [0, 0.05) is 0 Å². The molecule has 82 valence electrons. The van der Waals surface area contributed by atoms with Crippen LogP contribution in [0.3, 0.4) is 0 Å². The van der Waals surface area contributed by atoms with E-state index in [1.165, 1.54) is 0 Å². The average molecular weight is 279 g/mol. The molecule has 0 saturated carbocycles. The van der Waals surface area contributed by atoms with E-state index in [-0.39, 0.29) is 5.75 Å². The fourth-order valence-corrected chi connectivity index (χ4v) is 1.92. The summed E-state index contributed by atoms with van der Waals surface area (Å²) in [7, 11) is 0. The normalized spacial score (nSPS) is 11.1. The molecule has 0 bridgehead atoms. The molecule has 3 heteroatoms. The largest absolute Gasteiger partial charge is 0.508 e. The van der Waals surface area contributed by atoms with Crippen molar-refractivity contribution in [1.82, 2.24) is 0 Å². The van der Waals surface area contributed by atoms with Crippen molar-refractivity contribution in [2.24, 2.45) is 0 Å². The summed E-state index contributed by atoms with van der Waals surface area (Å²) in [6.45, 7) is 1.89. The molecule has 16 heavy (non-hydrogen) atoms. The van der Waals surface area contributed by atoms with Crippen molar-refractivity contribution in [3.8, 4) is 11.5 Å². The minimum atomic E-state index is 0.256. The lowest BCUT2D eigenvalue weighted by molar-refractivity contribution is 0.475. The summed E-state index contributed by atoms with van der Waals surface area (Å²) in [5.74, 6) is 0.989. The van der Waals surface area contributed by atoms with Crippen molar-refractivity contribution in [3.05, 3.63) is 47.1 Å². The fourth-order valence-electron chi connectivity index (χ4n) is 1.47. The molecular formula is C13H11BrO2. The molecule has 0 radical (unpaired) electrons. The smallest absolute Gasteiger partial charge is 0.141 e. The van der Waals surface area contributed by atoms with Crippen LogP contribution in [-0.4, -0.2) is 5.11 Å². The van der Waals surface area contributed by atoms with Gasteiger partial charge in [0.25, 0.3) is 0 Å². The number of aromatic hydroxyl groups is 1. The van der Waals surface area contributed by atoms with Crippen LogP contribution < -0.4 is 4.74 Å².